The van der Waals surface area contributed by atoms with Crippen molar-refractivity contribution >= 4 is 5.91 Å². The number of rotatable bonds is 4. The molecule has 5 nitrogen and oxygen atoms in total. The summed E-state index contributed by atoms with van der Waals surface area (Å²) in [7, 11) is 0. The molecule has 0 spiro atoms. The summed E-state index contributed by atoms with van der Waals surface area (Å²) in [6.45, 7) is 1.01. The molecule has 1 aromatic carbocycles. The first-order valence-corrected chi connectivity index (χ1v) is 6.66. The summed E-state index contributed by atoms with van der Waals surface area (Å²) in [5.41, 5.74) is -1.49. The Labute approximate surface area is 131 Å². The highest BCUT2D eigenvalue weighted by Gasteiger charge is 2.27. The van der Waals surface area contributed by atoms with Gasteiger partial charge in [0.15, 0.2) is 0 Å². The second kappa shape index (κ2) is 6.50. The minimum absolute atomic E-state index is 0.0550. The fraction of sp³-hybridized carbons (Fsp3) is 0.188. The van der Waals surface area contributed by atoms with Crippen LogP contribution in [0.1, 0.15) is 28.5 Å². The van der Waals surface area contributed by atoms with E-state index in [0.717, 1.165) is 12.1 Å². The van der Waals surface area contributed by atoms with Gasteiger partial charge in [0.2, 0.25) is 0 Å². The van der Waals surface area contributed by atoms with E-state index < -0.39 is 23.1 Å². The van der Waals surface area contributed by atoms with Crippen LogP contribution in [0, 0.1) is 23.0 Å². The topological polar surface area (TPSA) is 86.0 Å². The van der Waals surface area contributed by atoms with Crippen molar-refractivity contribution in [1.82, 2.24) is 10.3 Å². The molecule has 0 aliphatic rings. The molecule has 2 aromatic rings. The highest BCUT2D eigenvalue weighted by atomic mass is 19.1. The second-order valence-corrected chi connectivity index (χ2v) is 5.12. The van der Waals surface area contributed by atoms with E-state index in [-0.39, 0.29) is 17.8 Å². The number of hydrogen-bond donors (Lipinski definition) is 2. The number of amides is 1. The summed E-state index contributed by atoms with van der Waals surface area (Å²) in [4.78, 5) is 15.8. The molecule has 2 rings (SSSR count). The van der Waals surface area contributed by atoms with E-state index in [1.807, 2.05) is 6.07 Å². The molecule has 0 saturated heterocycles. The number of carbonyl (C=O) groups excluding carboxylic acids is 1. The van der Waals surface area contributed by atoms with Gasteiger partial charge >= 0.3 is 0 Å². The molecule has 7 heteroatoms. The third-order valence-corrected chi connectivity index (χ3v) is 3.23. The summed E-state index contributed by atoms with van der Waals surface area (Å²) in [6, 6.07) is 7.47. The quantitative estimate of drug-likeness (QED) is 0.901. The average Bonchev–Trinajstić information content (AvgIpc) is 2.52. The Morgan fingerprint density at radius 2 is 2.13 bits per heavy atom. The summed E-state index contributed by atoms with van der Waals surface area (Å²) >= 11 is 0. The largest absolute Gasteiger partial charge is 0.383 e. The number of aliphatic hydroxyl groups is 1. The Bertz CT molecular complexity index is 768. The number of hydrogen-bond acceptors (Lipinski definition) is 4. The Morgan fingerprint density at radius 3 is 2.70 bits per heavy atom. The molecule has 1 heterocycles. The highest BCUT2D eigenvalue weighted by molar-refractivity contribution is 5.92. The van der Waals surface area contributed by atoms with Crippen molar-refractivity contribution in [3.63, 3.8) is 0 Å². The van der Waals surface area contributed by atoms with Gasteiger partial charge in [-0.05, 0) is 25.1 Å². The molecule has 0 aliphatic heterocycles. The van der Waals surface area contributed by atoms with Crippen LogP contribution in [0.5, 0.6) is 0 Å². The lowest BCUT2D eigenvalue weighted by atomic mass is 9.95. The van der Waals surface area contributed by atoms with E-state index in [1.165, 1.54) is 25.3 Å². The van der Waals surface area contributed by atoms with Gasteiger partial charge in [-0.1, -0.05) is 6.07 Å². The fourth-order valence-corrected chi connectivity index (χ4v) is 1.96. The van der Waals surface area contributed by atoms with Crippen molar-refractivity contribution in [2.75, 3.05) is 6.54 Å². The lowest BCUT2D eigenvalue weighted by Gasteiger charge is -2.24. The van der Waals surface area contributed by atoms with Gasteiger partial charge in [0.05, 0.1) is 12.1 Å². The molecular weight excluding hydrogens is 304 g/mol. The minimum Gasteiger partial charge on any atom is -0.383 e. The Morgan fingerprint density at radius 1 is 1.39 bits per heavy atom. The first-order valence-electron chi connectivity index (χ1n) is 6.66. The van der Waals surface area contributed by atoms with Gasteiger partial charge in [0.1, 0.15) is 29.0 Å². The van der Waals surface area contributed by atoms with Crippen molar-refractivity contribution in [3.05, 3.63) is 65.0 Å². The number of carbonyl (C=O) groups is 1. The maximum absolute atomic E-state index is 13.7. The summed E-state index contributed by atoms with van der Waals surface area (Å²) < 4.78 is 26.6. The molecule has 1 aromatic heterocycles. The molecule has 0 bridgehead atoms. The SMILES string of the molecule is CC(O)(CNC(=O)c1ccc(C#N)cn1)c1ccc(F)cc1F. The van der Waals surface area contributed by atoms with E-state index in [0.29, 0.717) is 11.6 Å². The van der Waals surface area contributed by atoms with Gasteiger partial charge in [0.25, 0.3) is 5.91 Å². The average molecular weight is 317 g/mol. The number of aromatic nitrogens is 1. The Kier molecular flexibility index (Phi) is 4.67. The minimum atomic E-state index is -1.72. The number of nitriles is 1. The van der Waals surface area contributed by atoms with Gasteiger partial charge in [-0.3, -0.25) is 4.79 Å². The molecule has 2 N–H and O–H groups in total. The van der Waals surface area contributed by atoms with Crippen LogP contribution in [0.25, 0.3) is 0 Å². The van der Waals surface area contributed by atoms with Crippen molar-refractivity contribution in [3.8, 4) is 6.07 Å². The number of benzene rings is 1. The van der Waals surface area contributed by atoms with Crippen LogP contribution in [0.3, 0.4) is 0 Å². The van der Waals surface area contributed by atoms with Gasteiger partial charge in [-0.25, -0.2) is 13.8 Å². The van der Waals surface area contributed by atoms with Crippen molar-refractivity contribution in [1.29, 1.82) is 5.26 Å². The van der Waals surface area contributed by atoms with E-state index in [4.69, 9.17) is 5.26 Å². The van der Waals surface area contributed by atoms with E-state index in [9.17, 15) is 18.7 Å². The number of pyridine rings is 1. The number of halogens is 2. The van der Waals surface area contributed by atoms with Gasteiger partial charge in [-0.15, -0.1) is 0 Å². The fourth-order valence-electron chi connectivity index (χ4n) is 1.96. The summed E-state index contributed by atoms with van der Waals surface area (Å²) in [6.07, 6.45) is 1.24. The van der Waals surface area contributed by atoms with Gasteiger partial charge in [-0.2, -0.15) is 5.26 Å². The molecule has 0 aliphatic carbocycles. The zero-order valence-corrected chi connectivity index (χ0v) is 12.2. The predicted octanol–water partition coefficient (Wildman–Crippen LogP) is 1.87. The van der Waals surface area contributed by atoms with Crippen LogP contribution in [-0.2, 0) is 5.60 Å². The number of nitrogens with one attached hydrogen (secondary N) is 1. The third-order valence-electron chi connectivity index (χ3n) is 3.23. The molecule has 0 radical (unpaired) electrons. The van der Waals surface area contributed by atoms with E-state index in [1.54, 1.807) is 0 Å². The van der Waals surface area contributed by atoms with Gasteiger partial charge < -0.3 is 10.4 Å². The maximum atomic E-state index is 13.7. The molecule has 0 saturated carbocycles. The first kappa shape index (κ1) is 16.5. The monoisotopic (exact) mass is 317 g/mol. The molecule has 1 amide bonds. The Balaban J connectivity index is 2.08. The summed E-state index contributed by atoms with van der Waals surface area (Å²) in [5.74, 6) is -2.24. The smallest absolute Gasteiger partial charge is 0.269 e. The summed E-state index contributed by atoms with van der Waals surface area (Å²) in [5, 5.41) is 21.4. The molecule has 1 unspecified atom stereocenters. The molecule has 23 heavy (non-hydrogen) atoms. The lowest BCUT2D eigenvalue weighted by Crippen LogP contribution is -2.39. The van der Waals surface area contributed by atoms with Crippen molar-refractivity contribution < 1.29 is 18.7 Å². The van der Waals surface area contributed by atoms with E-state index in [2.05, 4.69) is 10.3 Å². The normalized spacial score (nSPS) is 13.0. The van der Waals surface area contributed by atoms with Crippen molar-refractivity contribution in [2.24, 2.45) is 0 Å². The molecule has 0 fully saturated rings. The number of nitrogens with zero attached hydrogens (tertiary/aromatic N) is 2. The highest BCUT2D eigenvalue weighted by Crippen LogP contribution is 2.23. The van der Waals surface area contributed by atoms with Crippen LogP contribution < -0.4 is 5.32 Å². The van der Waals surface area contributed by atoms with Gasteiger partial charge in [0, 0.05) is 17.8 Å². The lowest BCUT2D eigenvalue weighted by molar-refractivity contribution is 0.0493. The third kappa shape index (κ3) is 3.87. The van der Waals surface area contributed by atoms with E-state index >= 15 is 0 Å². The van der Waals surface area contributed by atoms with Crippen LogP contribution >= 0.6 is 0 Å². The standard InChI is InChI=1S/C16H13F2N3O2/c1-16(23,12-4-3-11(17)6-13(12)18)9-21-15(22)14-5-2-10(7-19)8-20-14/h2-6,8,23H,9H2,1H3,(H,21,22). The molecule has 1 atom stereocenters. The Hall–Kier alpha value is -2.85. The molecule has 118 valence electrons. The maximum Gasteiger partial charge on any atom is 0.269 e. The van der Waals surface area contributed by atoms with Crippen molar-refractivity contribution in [2.45, 2.75) is 12.5 Å². The van der Waals surface area contributed by atoms with Crippen LogP contribution in [0.15, 0.2) is 36.5 Å². The first-order chi connectivity index (χ1) is 10.8. The van der Waals surface area contributed by atoms with Crippen LogP contribution in [-0.4, -0.2) is 22.5 Å². The zero-order chi connectivity index (χ0) is 17.0. The molecular formula is C16H13F2N3O2. The van der Waals surface area contributed by atoms with Crippen LogP contribution in [0.4, 0.5) is 8.78 Å². The zero-order valence-electron chi connectivity index (χ0n) is 12.2. The second-order valence-electron chi connectivity index (χ2n) is 5.12. The van der Waals surface area contributed by atoms with Crippen LogP contribution in [0.2, 0.25) is 0 Å². The predicted molar refractivity (Wildman–Crippen MR) is 77.2 cm³/mol.